The molecule has 0 atom stereocenters. The number of ether oxygens (including phenoxy) is 1. The van der Waals surface area contributed by atoms with Crippen LogP contribution in [0, 0.1) is 0 Å². The van der Waals surface area contributed by atoms with Crippen molar-refractivity contribution >= 4 is 16.8 Å². The summed E-state index contributed by atoms with van der Waals surface area (Å²) in [5, 5.41) is 3.12. The zero-order valence-electron chi connectivity index (χ0n) is 10.6. The SMILES string of the molecule is CCC(=O)NCCOc1cccc2nc[nH]c(=O)c12. The van der Waals surface area contributed by atoms with Gasteiger partial charge in [-0.15, -0.1) is 0 Å². The third kappa shape index (κ3) is 3.09. The van der Waals surface area contributed by atoms with E-state index in [1.165, 1.54) is 6.33 Å². The monoisotopic (exact) mass is 261 g/mol. The maximum atomic E-state index is 11.7. The molecule has 1 aromatic carbocycles. The van der Waals surface area contributed by atoms with Crippen molar-refractivity contribution in [1.82, 2.24) is 15.3 Å². The Morgan fingerprint density at radius 2 is 2.32 bits per heavy atom. The summed E-state index contributed by atoms with van der Waals surface area (Å²) in [5.74, 6) is 0.443. The van der Waals surface area contributed by atoms with Gasteiger partial charge in [-0.3, -0.25) is 9.59 Å². The van der Waals surface area contributed by atoms with Gasteiger partial charge in [-0.05, 0) is 12.1 Å². The number of carbonyl (C=O) groups excluding carboxylic acids is 1. The molecular weight excluding hydrogens is 246 g/mol. The molecule has 0 saturated heterocycles. The van der Waals surface area contributed by atoms with E-state index in [2.05, 4.69) is 15.3 Å². The minimum Gasteiger partial charge on any atom is -0.491 e. The van der Waals surface area contributed by atoms with Crippen LogP contribution in [-0.2, 0) is 4.79 Å². The van der Waals surface area contributed by atoms with Crippen LogP contribution in [0.25, 0.3) is 10.9 Å². The van der Waals surface area contributed by atoms with Crippen LogP contribution >= 0.6 is 0 Å². The number of hydrogen-bond acceptors (Lipinski definition) is 4. The molecule has 0 radical (unpaired) electrons. The summed E-state index contributed by atoms with van der Waals surface area (Å²) < 4.78 is 5.52. The predicted molar refractivity (Wildman–Crippen MR) is 71.2 cm³/mol. The van der Waals surface area contributed by atoms with E-state index in [-0.39, 0.29) is 11.5 Å². The van der Waals surface area contributed by atoms with Crippen LogP contribution in [0.3, 0.4) is 0 Å². The van der Waals surface area contributed by atoms with E-state index in [0.29, 0.717) is 36.2 Å². The molecule has 1 aromatic heterocycles. The summed E-state index contributed by atoms with van der Waals surface area (Å²) in [6, 6.07) is 5.23. The molecule has 0 saturated carbocycles. The van der Waals surface area contributed by atoms with Gasteiger partial charge in [0.1, 0.15) is 17.7 Å². The van der Waals surface area contributed by atoms with Gasteiger partial charge < -0.3 is 15.0 Å². The van der Waals surface area contributed by atoms with Crippen molar-refractivity contribution in [3.63, 3.8) is 0 Å². The van der Waals surface area contributed by atoms with Crippen LogP contribution in [0.1, 0.15) is 13.3 Å². The van der Waals surface area contributed by atoms with Gasteiger partial charge in [0.15, 0.2) is 0 Å². The van der Waals surface area contributed by atoms with Crippen LogP contribution < -0.4 is 15.6 Å². The lowest BCUT2D eigenvalue weighted by Gasteiger charge is -2.08. The van der Waals surface area contributed by atoms with Crippen LogP contribution in [0.15, 0.2) is 29.3 Å². The highest BCUT2D eigenvalue weighted by molar-refractivity contribution is 5.83. The van der Waals surface area contributed by atoms with Gasteiger partial charge >= 0.3 is 0 Å². The number of rotatable bonds is 5. The van der Waals surface area contributed by atoms with Crippen molar-refractivity contribution in [1.29, 1.82) is 0 Å². The minimum absolute atomic E-state index is 0.0268. The van der Waals surface area contributed by atoms with Crippen molar-refractivity contribution in [3.05, 3.63) is 34.9 Å². The number of aromatic amines is 1. The number of hydrogen-bond donors (Lipinski definition) is 2. The zero-order chi connectivity index (χ0) is 13.7. The van der Waals surface area contributed by atoms with E-state index in [1.54, 1.807) is 25.1 Å². The summed E-state index contributed by atoms with van der Waals surface area (Å²) in [6.45, 7) is 2.49. The molecule has 0 aliphatic heterocycles. The van der Waals surface area contributed by atoms with Gasteiger partial charge in [-0.25, -0.2) is 4.98 Å². The summed E-state index contributed by atoms with van der Waals surface area (Å²) in [7, 11) is 0. The van der Waals surface area contributed by atoms with E-state index >= 15 is 0 Å². The van der Waals surface area contributed by atoms with E-state index in [0.717, 1.165) is 0 Å². The maximum absolute atomic E-state index is 11.7. The number of aromatic nitrogens is 2. The fraction of sp³-hybridized carbons (Fsp3) is 0.308. The number of nitrogens with zero attached hydrogens (tertiary/aromatic N) is 1. The molecule has 19 heavy (non-hydrogen) atoms. The average Bonchev–Trinajstić information content (AvgIpc) is 2.43. The fourth-order valence-electron chi connectivity index (χ4n) is 1.68. The highest BCUT2D eigenvalue weighted by atomic mass is 16.5. The van der Waals surface area contributed by atoms with Crippen LogP contribution in [0.2, 0.25) is 0 Å². The smallest absolute Gasteiger partial charge is 0.262 e. The van der Waals surface area contributed by atoms with Gasteiger partial charge in [0.2, 0.25) is 5.91 Å². The van der Waals surface area contributed by atoms with Crippen molar-refractivity contribution in [3.8, 4) is 5.75 Å². The van der Waals surface area contributed by atoms with E-state index in [9.17, 15) is 9.59 Å². The number of carbonyl (C=O) groups is 1. The van der Waals surface area contributed by atoms with Crippen molar-refractivity contribution in [2.45, 2.75) is 13.3 Å². The van der Waals surface area contributed by atoms with Crippen molar-refractivity contribution < 1.29 is 9.53 Å². The Morgan fingerprint density at radius 3 is 3.11 bits per heavy atom. The van der Waals surface area contributed by atoms with E-state index in [4.69, 9.17) is 4.74 Å². The molecule has 1 amide bonds. The van der Waals surface area contributed by atoms with Gasteiger partial charge in [-0.2, -0.15) is 0 Å². The first kappa shape index (κ1) is 13.1. The second kappa shape index (κ2) is 5.99. The molecule has 2 aromatic rings. The largest absolute Gasteiger partial charge is 0.491 e. The Hall–Kier alpha value is -2.37. The Labute approximate surface area is 109 Å². The Bertz CT molecular complexity index is 631. The molecule has 100 valence electrons. The summed E-state index contributed by atoms with van der Waals surface area (Å²) in [6.07, 6.45) is 1.80. The molecule has 2 rings (SSSR count). The first-order valence-electron chi connectivity index (χ1n) is 6.08. The lowest BCUT2D eigenvalue weighted by molar-refractivity contribution is -0.120. The van der Waals surface area contributed by atoms with Gasteiger partial charge in [-0.1, -0.05) is 13.0 Å². The third-order valence-electron chi connectivity index (χ3n) is 2.63. The normalized spacial score (nSPS) is 10.4. The molecule has 0 spiro atoms. The second-order valence-electron chi connectivity index (χ2n) is 3.93. The average molecular weight is 261 g/mol. The zero-order valence-corrected chi connectivity index (χ0v) is 10.6. The van der Waals surface area contributed by atoms with Gasteiger partial charge in [0.25, 0.3) is 5.56 Å². The number of H-pyrrole nitrogens is 1. The Balaban J connectivity index is 2.09. The highest BCUT2D eigenvalue weighted by Crippen LogP contribution is 2.19. The Kier molecular flexibility index (Phi) is 4.12. The van der Waals surface area contributed by atoms with Gasteiger partial charge in [0.05, 0.1) is 18.4 Å². The van der Waals surface area contributed by atoms with Crippen LogP contribution in [-0.4, -0.2) is 29.0 Å². The highest BCUT2D eigenvalue weighted by Gasteiger charge is 2.06. The molecule has 0 fully saturated rings. The summed E-state index contributed by atoms with van der Waals surface area (Å²) in [5.41, 5.74) is 0.344. The molecule has 1 heterocycles. The standard InChI is InChI=1S/C13H15N3O3/c1-2-11(17)14-6-7-19-10-5-3-4-9-12(10)13(18)16-8-15-9/h3-5,8H,2,6-7H2,1H3,(H,14,17)(H,15,16,18). The molecular formula is C13H15N3O3. The van der Waals surface area contributed by atoms with E-state index in [1.807, 2.05) is 0 Å². The quantitative estimate of drug-likeness (QED) is 0.781. The summed E-state index contributed by atoms with van der Waals surface area (Å²) in [4.78, 5) is 29.4. The number of nitrogens with one attached hydrogen (secondary N) is 2. The lowest BCUT2D eigenvalue weighted by atomic mass is 10.2. The van der Waals surface area contributed by atoms with Crippen molar-refractivity contribution in [2.75, 3.05) is 13.2 Å². The molecule has 2 N–H and O–H groups in total. The third-order valence-corrected chi connectivity index (χ3v) is 2.63. The molecule has 0 aliphatic rings. The predicted octanol–water partition coefficient (Wildman–Crippen LogP) is 0.828. The number of amides is 1. The number of fused-ring (bicyclic) bond motifs is 1. The second-order valence-corrected chi connectivity index (χ2v) is 3.93. The molecule has 0 unspecified atom stereocenters. The minimum atomic E-state index is -0.238. The lowest BCUT2D eigenvalue weighted by Crippen LogP contribution is -2.27. The van der Waals surface area contributed by atoms with Crippen LogP contribution in [0.4, 0.5) is 0 Å². The first-order valence-corrected chi connectivity index (χ1v) is 6.08. The molecule has 0 aliphatic carbocycles. The van der Waals surface area contributed by atoms with Crippen LogP contribution in [0.5, 0.6) is 5.75 Å². The topological polar surface area (TPSA) is 84.1 Å². The Morgan fingerprint density at radius 1 is 1.47 bits per heavy atom. The fourth-order valence-corrected chi connectivity index (χ4v) is 1.68. The molecule has 6 nitrogen and oxygen atoms in total. The molecule has 6 heteroatoms. The first-order chi connectivity index (χ1) is 9.22. The maximum Gasteiger partial charge on any atom is 0.262 e. The van der Waals surface area contributed by atoms with Gasteiger partial charge in [0, 0.05) is 6.42 Å². The van der Waals surface area contributed by atoms with E-state index < -0.39 is 0 Å². The number of benzene rings is 1. The molecule has 0 bridgehead atoms. The summed E-state index contributed by atoms with van der Waals surface area (Å²) >= 11 is 0. The van der Waals surface area contributed by atoms with Crippen molar-refractivity contribution in [2.24, 2.45) is 0 Å².